The van der Waals surface area contributed by atoms with Gasteiger partial charge in [-0.1, -0.05) is 63.3 Å². The van der Waals surface area contributed by atoms with Crippen LogP contribution >= 0.6 is 12.2 Å². The van der Waals surface area contributed by atoms with E-state index < -0.39 is 6.43 Å². The van der Waals surface area contributed by atoms with Crippen molar-refractivity contribution in [2.24, 2.45) is 5.92 Å². The Morgan fingerprint density at radius 1 is 0.933 bits per heavy atom. The summed E-state index contributed by atoms with van der Waals surface area (Å²) in [7, 11) is 0. The Morgan fingerprint density at radius 3 is 2.20 bits per heavy atom. The maximum absolute atomic E-state index is 12.7. The fourth-order valence-electron chi connectivity index (χ4n) is 4.38. The topological polar surface area (TPSA) is 9.23 Å². The lowest BCUT2D eigenvalue weighted by Gasteiger charge is -2.29. The molecule has 30 heavy (non-hydrogen) atoms. The Hall–Kier alpha value is -1.81. The molecule has 0 radical (unpaired) electrons. The SMILES string of the molecule is CCCCCC[C@H]1CC[C@H](c2ccc(OC(=S)c3ccc(C(F)F)cc3)cc2)CC1. The first-order valence-electron chi connectivity index (χ1n) is 11.3. The van der Waals surface area contributed by atoms with E-state index in [-0.39, 0.29) is 5.56 Å². The van der Waals surface area contributed by atoms with Crippen LogP contribution in [0.1, 0.15) is 93.7 Å². The van der Waals surface area contributed by atoms with Gasteiger partial charge in [-0.15, -0.1) is 0 Å². The van der Waals surface area contributed by atoms with Gasteiger partial charge in [0.25, 0.3) is 6.43 Å². The van der Waals surface area contributed by atoms with Gasteiger partial charge in [-0.25, -0.2) is 8.78 Å². The number of thiocarbonyl (C=S) groups is 1. The van der Waals surface area contributed by atoms with Gasteiger partial charge in [0, 0.05) is 11.1 Å². The number of benzene rings is 2. The van der Waals surface area contributed by atoms with Crippen LogP contribution in [0.4, 0.5) is 8.78 Å². The van der Waals surface area contributed by atoms with E-state index in [1.54, 1.807) is 12.1 Å². The van der Waals surface area contributed by atoms with Crippen LogP contribution in [0.25, 0.3) is 0 Å². The molecule has 0 atom stereocenters. The molecule has 0 spiro atoms. The fraction of sp³-hybridized carbons (Fsp3) is 0.500. The van der Waals surface area contributed by atoms with Crippen LogP contribution in [-0.2, 0) is 0 Å². The molecule has 1 fully saturated rings. The van der Waals surface area contributed by atoms with Crippen molar-refractivity contribution in [2.45, 2.75) is 77.1 Å². The van der Waals surface area contributed by atoms with Gasteiger partial charge in [-0.3, -0.25) is 0 Å². The highest BCUT2D eigenvalue weighted by Gasteiger charge is 2.22. The van der Waals surface area contributed by atoms with Crippen LogP contribution in [0.2, 0.25) is 0 Å². The summed E-state index contributed by atoms with van der Waals surface area (Å²) in [6.45, 7) is 2.27. The number of hydrogen-bond acceptors (Lipinski definition) is 2. The molecule has 1 aliphatic rings. The Morgan fingerprint density at radius 2 is 1.60 bits per heavy atom. The molecule has 1 aliphatic carbocycles. The third-order valence-corrected chi connectivity index (χ3v) is 6.59. The molecule has 2 aromatic carbocycles. The normalized spacial score (nSPS) is 19.1. The average Bonchev–Trinajstić information content (AvgIpc) is 2.78. The highest BCUT2D eigenvalue weighted by molar-refractivity contribution is 7.80. The van der Waals surface area contributed by atoms with Crippen molar-refractivity contribution in [2.75, 3.05) is 0 Å². The highest BCUT2D eigenvalue weighted by atomic mass is 32.1. The minimum Gasteiger partial charge on any atom is -0.445 e. The fourth-order valence-corrected chi connectivity index (χ4v) is 4.62. The third-order valence-electron chi connectivity index (χ3n) is 6.27. The monoisotopic (exact) mass is 430 g/mol. The molecular weight excluding hydrogens is 398 g/mol. The number of ether oxygens (including phenoxy) is 1. The maximum atomic E-state index is 12.7. The summed E-state index contributed by atoms with van der Waals surface area (Å²) in [6, 6.07) is 14.2. The Kier molecular flexibility index (Phi) is 8.80. The number of rotatable bonds is 9. The van der Waals surface area contributed by atoms with Gasteiger partial charge in [0.15, 0.2) is 5.05 Å². The van der Waals surface area contributed by atoms with Crippen molar-refractivity contribution in [3.05, 3.63) is 65.2 Å². The predicted molar refractivity (Wildman–Crippen MR) is 124 cm³/mol. The molecule has 3 rings (SSSR count). The quantitative estimate of drug-likeness (QED) is 0.291. The Bertz CT molecular complexity index is 778. The molecule has 162 valence electrons. The lowest BCUT2D eigenvalue weighted by molar-refractivity contribution is 0.151. The van der Waals surface area contributed by atoms with Crippen LogP contribution in [0.5, 0.6) is 5.75 Å². The molecule has 0 aliphatic heterocycles. The first-order valence-corrected chi connectivity index (χ1v) is 11.7. The van der Waals surface area contributed by atoms with Crippen LogP contribution in [-0.4, -0.2) is 5.05 Å². The first kappa shape index (κ1) is 22.9. The van der Waals surface area contributed by atoms with Crippen LogP contribution in [0, 0.1) is 5.92 Å². The second kappa shape index (κ2) is 11.5. The molecular formula is C26H32F2OS. The van der Waals surface area contributed by atoms with Crippen molar-refractivity contribution >= 4 is 17.3 Å². The Balaban J connectivity index is 1.47. The predicted octanol–water partition coefficient (Wildman–Crippen LogP) is 8.62. The van der Waals surface area contributed by atoms with Gasteiger partial charge in [-0.2, -0.15) is 0 Å². The van der Waals surface area contributed by atoms with E-state index >= 15 is 0 Å². The summed E-state index contributed by atoms with van der Waals surface area (Å²) in [5.74, 6) is 2.24. The molecule has 0 amide bonds. The van der Waals surface area contributed by atoms with Crippen LogP contribution < -0.4 is 4.74 Å². The Labute approximate surface area is 184 Å². The van der Waals surface area contributed by atoms with E-state index in [1.165, 1.54) is 75.5 Å². The largest absolute Gasteiger partial charge is 0.445 e. The number of halogens is 2. The maximum Gasteiger partial charge on any atom is 0.263 e. The smallest absolute Gasteiger partial charge is 0.263 e. The lowest BCUT2D eigenvalue weighted by atomic mass is 9.77. The molecule has 1 saturated carbocycles. The van der Waals surface area contributed by atoms with Crippen LogP contribution in [0.3, 0.4) is 0 Å². The minimum absolute atomic E-state index is 0.0124. The minimum atomic E-state index is -2.47. The molecule has 0 bridgehead atoms. The third kappa shape index (κ3) is 6.60. The standard InChI is InChI=1S/C26H32F2OS/c1-2-3-4-5-6-19-7-9-20(10-8-19)21-15-17-24(18-16-21)29-26(30)23-13-11-22(12-14-23)25(27)28/h11-20,25H,2-10H2,1H3/t19-,20-. The molecule has 0 aromatic heterocycles. The molecule has 0 heterocycles. The van der Waals surface area contributed by atoms with E-state index in [0.717, 1.165) is 5.92 Å². The zero-order valence-corrected chi connectivity index (χ0v) is 18.6. The second-order valence-electron chi connectivity index (χ2n) is 8.45. The van der Waals surface area contributed by atoms with Gasteiger partial charge < -0.3 is 4.74 Å². The lowest BCUT2D eigenvalue weighted by Crippen LogP contribution is -2.13. The van der Waals surface area contributed by atoms with Gasteiger partial charge in [0.1, 0.15) is 5.75 Å². The first-order chi connectivity index (χ1) is 14.6. The molecule has 4 heteroatoms. The number of hydrogen-bond donors (Lipinski definition) is 0. The van der Waals surface area contributed by atoms with Gasteiger partial charge >= 0.3 is 0 Å². The van der Waals surface area contributed by atoms with E-state index in [2.05, 4.69) is 19.1 Å². The van der Waals surface area contributed by atoms with Gasteiger partial charge in [0.05, 0.1) is 0 Å². The van der Waals surface area contributed by atoms with Crippen molar-refractivity contribution in [3.8, 4) is 5.75 Å². The van der Waals surface area contributed by atoms with E-state index in [9.17, 15) is 8.78 Å². The van der Waals surface area contributed by atoms with Crippen molar-refractivity contribution in [1.29, 1.82) is 0 Å². The summed E-state index contributed by atoms with van der Waals surface area (Å²) in [6.07, 6.45) is 9.60. The second-order valence-corrected chi connectivity index (χ2v) is 8.82. The molecule has 0 N–H and O–H groups in total. The van der Waals surface area contributed by atoms with Crippen LogP contribution in [0.15, 0.2) is 48.5 Å². The van der Waals surface area contributed by atoms with Gasteiger partial charge in [0.2, 0.25) is 0 Å². The zero-order valence-electron chi connectivity index (χ0n) is 17.8. The number of unbranched alkanes of at least 4 members (excludes halogenated alkanes) is 3. The van der Waals surface area contributed by atoms with Crippen molar-refractivity contribution < 1.29 is 13.5 Å². The summed E-state index contributed by atoms with van der Waals surface area (Å²) < 4.78 is 31.1. The molecule has 0 saturated heterocycles. The molecule has 0 unspecified atom stereocenters. The average molecular weight is 431 g/mol. The van der Waals surface area contributed by atoms with E-state index in [0.29, 0.717) is 22.3 Å². The van der Waals surface area contributed by atoms with Crippen molar-refractivity contribution in [1.82, 2.24) is 0 Å². The molecule has 1 nitrogen and oxygen atoms in total. The zero-order chi connectivity index (χ0) is 21.3. The van der Waals surface area contributed by atoms with Gasteiger partial charge in [-0.05, 0) is 79.6 Å². The highest BCUT2D eigenvalue weighted by Crippen LogP contribution is 2.38. The summed E-state index contributed by atoms with van der Waals surface area (Å²) in [4.78, 5) is 0. The summed E-state index contributed by atoms with van der Waals surface area (Å²) in [5.41, 5.74) is 2.00. The number of alkyl halides is 2. The molecule has 2 aromatic rings. The summed E-state index contributed by atoms with van der Waals surface area (Å²) >= 11 is 5.32. The summed E-state index contributed by atoms with van der Waals surface area (Å²) in [5, 5.41) is 0.298. The van der Waals surface area contributed by atoms with Crippen molar-refractivity contribution in [3.63, 3.8) is 0 Å². The van der Waals surface area contributed by atoms with E-state index in [1.807, 2.05) is 12.1 Å². The van der Waals surface area contributed by atoms with E-state index in [4.69, 9.17) is 17.0 Å².